The Kier molecular flexibility index (Phi) is 5.18. The highest BCUT2D eigenvalue weighted by Crippen LogP contribution is 2.34. The van der Waals surface area contributed by atoms with Crippen molar-refractivity contribution in [3.05, 3.63) is 43.0 Å². The van der Waals surface area contributed by atoms with Gasteiger partial charge in [0, 0.05) is 0 Å². The van der Waals surface area contributed by atoms with Crippen molar-refractivity contribution in [2.24, 2.45) is 5.41 Å². The molecule has 0 aliphatic heterocycles. The predicted molar refractivity (Wildman–Crippen MR) is 95.1 cm³/mol. The third-order valence-electron chi connectivity index (χ3n) is 5.21. The summed E-state index contributed by atoms with van der Waals surface area (Å²) >= 11 is 0. The molecule has 1 atom stereocenters. The standard InChI is InChI=1S/C20H31N2O/c1-7-19(3,4)15-20(5,8-2)22-14-13-21(16-22)17-9-11-18(23-6)12-10-17/h9-14,16H,7-8,15H2,1-6H3/q+1. The van der Waals surface area contributed by atoms with Crippen LogP contribution in [0.4, 0.5) is 0 Å². The highest BCUT2D eigenvalue weighted by atomic mass is 16.5. The van der Waals surface area contributed by atoms with E-state index in [1.807, 2.05) is 12.1 Å². The van der Waals surface area contributed by atoms with Crippen molar-refractivity contribution < 1.29 is 9.30 Å². The van der Waals surface area contributed by atoms with Gasteiger partial charge in [0.15, 0.2) is 0 Å². The Hall–Kier alpha value is -1.77. The average Bonchev–Trinajstić information content (AvgIpc) is 3.05. The first-order chi connectivity index (χ1) is 10.8. The average molecular weight is 315 g/mol. The topological polar surface area (TPSA) is 18.0 Å². The first-order valence-electron chi connectivity index (χ1n) is 8.58. The summed E-state index contributed by atoms with van der Waals surface area (Å²) in [6, 6.07) is 8.17. The molecule has 2 rings (SSSR count). The van der Waals surface area contributed by atoms with E-state index in [2.05, 4.69) is 74.6 Å². The van der Waals surface area contributed by atoms with Crippen molar-refractivity contribution in [2.45, 2.75) is 59.4 Å². The van der Waals surface area contributed by atoms with E-state index in [-0.39, 0.29) is 5.54 Å². The van der Waals surface area contributed by atoms with E-state index in [9.17, 15) is 0 Å². The molecule has 1 heterocycles. The molecule has 0 saturated carbocycles. The van der Waals surface area contributed by atoms with Gasteiger partial charge in [-0.15, -0.1) is 0 Å². The van der Waals surface area contributed by atoms with Gasteiger partial charge in [0.25, 0.3) is 0 Å². The molecular weight excluding hydrogens is 284 g/mol. The second-order valence-electron chi connectivity index (χ2n) is 7.47. The Morgan fingerprint density at radius 3 is 2.22 bits per heavy atom. The first-order valence-corrected chi connectivity index (χ1v) is 8.58. The van der Waals surface area contributed by atoms with Crippen molar-refractivity contribution in [1.29, 1.82) is 0 Å². The second-order valence-corrected chi connectivity index (χ2v) is 7.47. The highest BCUT2D eigenvalue weighted by molar-refractivity contribution is 5.36. The molecule has 0 bridgehead atoms. The lowest BCUT2D eigenvalue weighted by Crippen LogP contribution is -2.54. The maximum Gasteiger partial charge on any atom is 0.249 e. The smallest absolute Gasteiger partial charge is 0.249 e. The van der Waals surface area contributed by atoms with Crippen LogP contribution >= 0.6 is 0 Å². The molecule has 3 nitrogen and oxygen atoms in total. The fourth-order valence-corrected chi connectivity index (χ4v) is 3.14. The van der Waals surface area contributed by atoms with Crippen LogP contribution < -0.4 is 9.30 Å². The molecule has 126 valence electrons. The molecule has 1 unspecified atom stereocenters. The molecule has 1 aromatic heterocycles. The number of nitrogens with zero attached hydrogens (tertiary/aromatic N) is 2. The van der Waals surface area contributed by atoms with Crippen LogP contribution in [0.1, 0.15) is 53.9 Å². The second kappa shape index (κ2) is 6.77. The van der Waals surface area contributed by atoms with Crippen LogP contribution in [-0.2, 0) is 5.54 Å². The molecule has 23 heavy (non-hydrogen) atoms. The minimum Gasteiger partial charge on any atom is -0.497 e. The molecule has 2 aromatic rings. The van der Waals surface area contributed by atoms with Crippen LogP contribution in [0, 0.1) is 5.41 Å². The summed E-state index contributed by atoms with van der Waals surface area (Å²) < 4.78 is 9.78. The van der Waals surface area contributed by atoms with E-state index >= 15 is 0 Å². The molecule has 0 spiro atoms. The zero-order valence-electron chi connectivity index (χ0n) is 15.5. The molecule has 0 N–H and O–H groups in total. The minimum atomic E-state index is 0.136. The SMILES string of the molecule is CCC(C)(C)CC(C)(CC)[n+]1ccn(-c2ccc(OC)cc2)c1. The zero-order chi connectivity index (χ0) is 17.1. The van der Waals surface area contributed by atoms with Gasteiger partial charge < -0.3 is 4.74 Å². The Morgan fingerprint density at radius 2 is 1.70 bits per heavy atom. The number of methoxy groups -OCH3 is 1. The van der Waals surface area contributed by atoms with Crippen LogP contribution in [0.3, 0.4) is 0 Å². The van der Waals surface area contributed by atoms with Gasteiger partial charge in [0.2, 0.25) is 6.33 Å². The van der Waals surface area contributed by atoms with Gasteiger partial charge in [0.1, 0.15) is 29.4 Å². The molecular formula is C20H31N2O+. The summed E-state index contributed by atoms with van der Waals surface area (Å²) in [6.45, 7) is 11.7. The Labute approximate surface area is 140 Å². The van der Waals surface area contributed by atoms with Crippen molar-refractivity contribution in [1.82, 2.24) is 4.57 Å². The lowest BCUT2D eigenvalue weighted by molar-refractivity contribution is -0.764. The minimum absolute atomic E-state index is 0.136. The van der Waals surface area contributed by atoms with Gasteiger partial charge in [-0.05, 0) is 49.4 Å². The number of imidazole rings is 1. The Morgan fingerprint density at radius 1 is 1.04 bits per heavy atom. The van der Waals surface area contributed by atoms with Crippen molar-refractivity contribution in [3.8, 4) is 11.4 Å². The Bertz CT molecular complexity index is 627. The van der Waals surface area contributed by atoms with Gasteiger partial charge >= 0.3 is 0 Å². The quantitative estimate of drug-likeness (QED) is 0.676. The summed E-state index contributed by atoms with van der Waals surface area (Å²) in [5.74, 6) is 0.886. The van der Waals surface area contributed by atoms with Crippen LogP contribution in [-0.4, -0.2) is 11.7 Å². The number of aromatic nitrogens is 2. The van der Waals surface area contributed by atoms with Gasteiger partial charge in [0.05, 0.1) is 7.11 Å². The van der Waals surface area contributed by atoms with Crippen molar-refractivity contribution in [2.75, 3.05) is 7.11 Å². The summed E-state index contributed by atoms with van der Waals surface area (Å²) in [5, 5.41) is 0. The third-order valence-corrected chi connectivity index (χ3v) is 5.21. The summed E-state index contributed by atoms with van der Waals surface area (Å²) in [4.78, 5) is 0. The van der Waals surface area contributed by atoms with E-state index in [0.29, 0.717) is 5.41 Å². The number of benzene rings is 1. The number of ether oxygens (including phenoxy) is 1. The van der Waals surface area contributed by atoms with Gasteiger partial charge in [-0.1, -0.05) is 34.1 Å². The maximum absolute atomic E-state index is 5.23. The third kappa shape index (κ3) is 3.95. The number of hydrogen-bond donors (Lipinski definition) is 0. The lowest BCUT2D eigenvalue weighted by atomic mass is 9.76. The van der Waals surface area contributed by atoms with Gasteiger partial charge in [-0.2, -0.15) is 0 Å². The van der Waals surface area contributed by atoms with Crippen LogP contribution in [0.15, 0.2) is 43.0 Å². The Balaban J connectivity index is 2.28. The van der Waals surface area contributed by atoms with Crippen LogP contribution in [0.25, 0.3) is 5.69 Å². The molecule has 0 amide bonds. The number of rotatable bonds is 7. The van der Waals surface area contributed by atoms with E-state index < -0.39 is 0 Å². The summed E-state index contributed by atoms with van der Waals surface area (Å²) in [7, 11) is 1.70. The fraction of sp³-hybridized carbons (Fsp3) is 0.550. The summed E-state index contributed by atoms with van der Waals surface area (Å²) in [6.07, 6.45) is 10.0. The first kappa shape index (κ1) is 17.6. The van der Waals surface area contributed by atoms with Crippen molar-refractivity contribution in [3.63, 3.8) is 0 Å². The van der Waals surface area contributed by atoms with Gasteiger partial charge in [-0.3, -0.25) is 0 Å². The molecule has 0 fully saturated rings. The van der Waals surface area contributed by atoms with Crippen LogP contribution in [0.2, 0.25) is 0 Å². The molecule has 3 heteroatoms. The molecule has 0 saturated heterocycles. The van der Waals surface area contributed by atoms with E-state index in [1.165, 1.54) is 12.8 Å². The van der Waals surface area contributed by atoms with Crippen molar-refractivity contribution >= 4 is 0 Å². The molecule has 0 aliphatic carbocycles. The number of hydrogen-bond acceptors (Lipinski definition) is 1. The largest absolute Gasteiger partial charge is 0.497 e. The zero-order valence-corrected chi connectivity index (χ0v) is 15.5. The van der Waals surface area contributed by atoms with E-state index in [1.54, 1.807) is 7.11 Å². The monoisotopic (exact) mass is 315 g/mol. The predicted octanol–water partition coefficient (Wildman–Crippen LogP) is 4.72. The maximum atomic E-state index is 5.23. The molecule has 1 aromatic carbocycles. The molecule has 0 radical (unpaired) electrons. The summed E-state index contributed by atoms with van der Waals surface area (Å²) in [5.41, 5.74) is 1.63. The highest BCUT2D eigenvalue weighted by Gasteiger charge is 2.35. The van der Waals surface area contributed by atoms with Crippen LogP contribution in [0.5, 0.6) is 5.75 Å². The normalized spacial score (nSPS) is 14.5. The van der Waals surface area contributed by atoms with Gasteiger partial charge in [-0.25, -0.2) is 9.13 Å². The van der Waals surface area contributed by atoms with E-state index in [4.69, 9.17) is 4.74 Å². The fourth-order valence-electron chi connectivity index (χ4n) is 3.14. The lowest BCUT2D eigenvalue weighted by Gasteiger charge is -2.34. The van der Waals surface area contributed by atoms with E-state index in [0.717, 1.165) is 17.9 Å². The molecule has 0 aliphatic rings.